The quantitative estimate of drug-likeness (QED) is 0.787. The molecule has 0 aliphatic carbocycles. The van der Waals surface area contributed by atoms with E-state index in [0.29, 0.717) is 0 Å². The van der Waals surface area contributed by atoms with Gasteiger partial charge in [-0.3, -0.25) is 4.90 Å². The zero-order valence-electron chi connectivity index (χ0n) is 8.36. The molecule has 0 atom stereocenters. The Balaban J connectivity index is 2.55. The van der Waals surface area contributed by atoms with Crippen LogP contribution in [0, 0.1) is 0 Å². The minimum atomic E-state index is -4.53. The van der Waals surface area contributed by atoms with Crippen molar-refractivity contribution >= 4 is 11.9 Å². The average Bonchev–Trinajstić information content (AvgIpc) is 2.25. The molecule has 0 fully saturated rings. The molecule has 88 valence electrons. The molecule has 0 radical (unpaired) electrons. The number of nitrogens with zero attached hydrogens (tertiary/aromatic N) is 2. The molecule has 0 saturated carbocycles. The Morgan fingerprint density at radius 1 is 1.50 bits per heavy atom. The molecule has 4 nitrogen and oxygen atoms in total. The van der Waals surface area contributed by atoms with Gasteiger partial charge in [0.1, 0.15) is 5.82 Å². The van der Waals surface area contributed by atoms with Crippen LogP contribution in [0.15, 0.2) is 24.4 Å². The van der Waals surface area contributed by atoms with Crippen LogP contribution in [-0.2, 0) is 4.74 Å². The number of ether oxygens (including phenoxy) is 1. The first kappa shape index (κ1) is 12.3. The number of carbonyl (C=O) groups is 1. The van der Waals surface area contributed by atoms with Crippen molar-refractivity contribution in [3.63, 3.8) is 0 Å². The van der Waals surface area contributed by atoms with Crippen LogP contribution in [0.5, 0.6) is 0 Å². The largest absolute Gasteiger partial charge is 0.439 e. The third kappa shape index (κ3) is 3.76. The van der Waals surface area contributed by atoms with Crippen LogP contribution in [0.2, 0.25) is 0 Å². The smallest absolute Gasteiger partial charge is 0.422 e. The summed E-state index contributed by atoms with van der Waals surface area (Å²) in [5.74, 6) is 0.217. The maximum Gasteiger partial charge on any atom is 0.422 e. The monoisotopic (exact) mass is 234 g/mol. The molecule has 16 heavy (non-hydrogen) atoms. The Labute approximate surface area is 89.6 Å². The third-order valence-electron chi connectivity index (χ3n) is 1.63. The van der Waals surface area contributed by atoms with Crippen LogP contribution >= 0.6 is 0 Å². The van der Waals surface area contributed by atoms with E-state index in [1.807, 2.05) is 0 Å². The third-order valence-corrected chi connectivity index (χ3v) is 1.63. The van der Waals surface area contributed by atoms with Crippen LogP contribution in [0.25, 0.3) is 0 Å². The number of anilines is 1. The molecule has 1 heterocycles. The number of carbonyl (C=O) groups excluding carboxylic acids is 1. The SMILES string of the molecule is CN(C(=O)OCC(F)(F)F)c1ccccn1. The number of hydrogen-bond donors (Lipinski definition) is 0. The van der Waals surface area contributed by atoms with Crippen molar-refractivity contribution in [3.05, 3.63) is 24.4 Å². The fourth-order valence-electron chi connectivity index (χ4n) is 0.886. The summed E-state index contributed by atoms with van der Waals surface area (Å²) in [5, 5.41) is 0. The van der Waals surface area contributed by atoms with E-state index >= 15 is 0 Å². The van der Waals surface area contributed by atoms with Crippen LogP contribution in [0.3, 0.4) is 0 Å². The molecule has 7 heteroatoms. The molecule has 1 amide bonds. The number of alkyl halides is 3. The summed E-state index contributed by atoms with van der Waals surface area (Å²) in [7, 11) is 1.28. The van der Waals surface area contributed by atoms with Crippen molar-refractivity contribution < 1.29 is 22.7 Å². The van der Waals surface area contributed by atoms with Gasteiger partial charge in [0.2, 0.25) is 0 Å². The number of amides is 1. The molecule has 1 aromatic rings. The lowest BCUT2D eigenvalue weighted by Gasteiger charge is -2.16. The first-order chi connectivity index (χ1) is 7.40. The minimum Gasteiger partial charge on any atom is -0.439 e. The normalized spacial score (nSPS) is 11.0. The van der Waals surface area contributed by atoms with Crippen LogP contribution in [-0.4, -0.2) is 30.9 Å². The number of aromatic nitrogens is 1. The fourth-order valence-corrected chi connectivity index (χ4v) is 0.886. The Hall–Kier alpha value is -1.79. The van der Waals surface area contributed by atoms with E-state index in [1.54, 1.807) is 12.1 Å². The zero-order valence-corrected chi connectivity index (χ0v) is 8.36. The standard InChI is InChI=1S/C9H9F3N2O2/c1-14(7-4-2-3-5-13-7)8(15)16-6-9(10,11)12/h2-5H,6H2,1H3. The zero-order chi connectivity index (χ0) is 12.2. The van der Waals surface area contributed by atoms with Crippen molar-refractivity contribution in [2.75, 3.05) is 18.6 Å². The number of rotatable bonds is 2. The van der Waals surface area contributed by atoms with Crippen molar-refractivity contribution in [3.8, 4) is 0 Å². The lowest BCUT2D eigenvalue weighted by atomic mass is 10.4. The van der Waals surface area contributed by atoms with Gasteiger partial charge in [-0.15, -0.1) is 0 Å². The van der Waals surface area contributed by atoms with Gasteiger partial charge in [0.15, 0.2) is 6.61 Å². The second kappa shape index (κ2) is 4.82. The summed E-state index contributed by atoms with van der Waals surface area (Å²) < 4.78 is 39.4. The van der Waals surface area contributed by atoms with Crippen molar-refractivity contribution in [1.29, 1.82) is 0 Å². The van der Waals surface area contributed by atoms with Gasteiger partial charge >= 0.3 is 12.3 Å². The van der Waals surface area contributed by atoms with E-state index in [2.05, 4.69) is 9.72 Å². The number of halogens is 3. The number of hydrogen-bond acceptors (Lipinski definition) is 3. The predicted octanol–water partition coefficient (Wildman–Crippen LogP) is 2.22. The molecule has 1 aromatic heterocycles. The molecule has 0 spiro atoms. The van der Waals surface area contributed by atoms with Crippen LogP contribution in [0.4, 0.5) is 23.8 Å². The summed E-state index contributed by atoms with van der Waals surface area (Å²) >= 11 is 0. The van der Waals surface area contributed by atoms with Crippen LogP contribution < -0.4 is 4.90 Å². The molecule has 0 bridgehead atoms. The highest BCUT2D eigenvalue weighted by molar-refractivity contribution is 5.85. The van der Waals surface area contributed by atoms with Gasteiger partial charge in [0.05, 0.1) is 0 Å². The van der Waals surface area contributed by atoms with Gasteiger partial charge in [-0.25, -0.2) is 9.78 Å². The van der Waals surface area contributed by atoms with E-state index in [-0.39, 0.29) is 5.82 Å². The summed E-state index contributed by atoms with van der Waals surface area (Å²) in [6, 6.07) is 4.71. The lowest BCUT2D eigenvalue weighted by Crippen LogP contribution is -2.31. The topological polar surface area (TPSA) is 42.4 Å². The average molecular weight is 234 g/mol. The molecule has 0 N–H and O–H groups in total. The van der Waals surface area contributed by atoms with E-state index in [0.717, 1.165) is 4.90 Å². The second-order valence-electron chi connectivity index (χ2n) is 2.92. The van der Waals surface area contributed by atoms with Gasteiger partial charge in [-0.1, -0.05) is 6.07 Å². The van der Waals surface area contributed by atoms with Gasteiger partial charge < -0.3 is 4.74 Å². The fraction of sp³-hybridized carbons (Fsp3) is 0.333. The molecule has 1 rings (SSSR count). The molecule has 0 saturated heterocycles. The summed E-state index contributed by atoms with van der Waals surface area (Å²) in [5.41, 5.74) is 0. The van der Waals surface area contributed by atoms with Gasteiger partial charge in [0.25, 0.3) is 0 Å². The van der Waals surface area contributed by atoms with E-state index in [4.69, 9.17) is 0 Å². The molecular weight excluding hydrogens is 225 g/mol. The minimum absolute atomic E-state index is 0.217. The second-order valence-corrected chi connectivity index (χ2v) is 2.92. The Kier molecular flexibility index (Phi) is 3.70. The molecule has 0 aromatic carbocycles. The lowest BCUT2D eigenvalue weighted by molar-refractivity contribution is -0.159. The van der Waals surface area contributed by atoms with Crippen LogP contribution in [0.1, 0.15) is 0 Å². The Bertz CT molecular complexity index is 354. The van der Waals surface area contributed by atoms with E-state index < -0.39 is 18.9 Å². The molecule has 0 aliphatic rings. The van der Waals surface area contributed by atoms with Gasteiger partial charge in [-0.2, -0.15) is 13.2 Å². The highest BCUT2D eigenvalue weighted by atomic mass is 19.4. The Morgan fingerprint density at radius 3 is 2.69 bits per heavy atom. The first-order valence-electron chi connectivity index (χ1n) is 4.28. The van der Waals surface area contributed by atoms with Crippen molar-refractivity contribution in [2.45, 2.75) is 6.18 Å². The highest BCUT2D eigenvalue weighted by Gasteiger charge is 2.30. The van der Waals surface area contributed by atoms with Crippen molar-refractivity contribution in [2.24, 2.45) is 0 Å². The maximum atomic E-state index is 11.8. The predicted molar refractivity (Wildman–Crippen MR) is 50.0 cm³/mol. The van der Waals surface area contributed by atoms with E-state index in [1.165, 1.54) is 19.3 Å². The van der Waals surface area contributed by atoms with Crippen molar-refractivity contribution in [1.82, 2.24) is 4.98 Å². The summed E-state index contributed by atoms with van der Waals surface area (Å²) in [6.45, 7) is -1.61. The molecule has 0 aliphatic heterocycles. The number of pyridine rings is 1. The maximum absolute atomic E-state index is 11.8. The summed E-state index contributed by atoms with van der Waals surface area (Å²) in [4.78, 5) is 15.8. The molecular formula is C9H9F3N2O2. The summed E-state index contributed by atoms with van der Waals surface area (Å²) in [6.07, 6.45) is -4.21. The van der Waals surface area contributed by atoms with Gasteiger partial charge in [0, 0.05) is 13.2 Å². The van der Waals surface area contributed by atoms with Gasteiger partial charge in [-0.05, 0) is 12.1 Å². The Morgan fingerprint density at radius 2 is 2.19 bits per heavy atom. The van der Waals surface area contributed by atoms with E-state index in [9.17, 15) is 18.0 Å². The first-order valence-corrected chi connectivity index (χ1v) is 4.28. The highest BCUT2D eigenvalue weighted by Crippen LogP contribution is 2.16. The molecule has 0 unspecified atom stereocenters.